The van der Waals surface area contributed by atoms with Gasteiger partial charge in [0, 0.05) is 6.54 Å². The van der Waals surface area contributed by atoms with E-state index in [0.717, 1.165) is 18.5 Å². The van der Waals surface area contributed by atoms with Gasteiger partial charge in [-0.05, 0) is 31.0 Å². The minimum Gasteiger partial charge on any atom is -0.384 e. The number of rotatable bonds is 1. The summed E-state index contributed by atoms with van der Waals surface area (Å²) in [7, 11) is 0. The number of benzene rings is 1. The maximum absolute atomic E-state index is 10.3. The van der Waals surface area contributed by atoms with Crippen LogP contribution >= 0.6 is 0 Å². The molecule has 1 aliphatic rings. The molecule has 2 heteroatoms. The van der Waals surface area contributed by atoms with Crippen molar-refractivity contribution in [3.8, 4) is 0 Å². The van der Waals surface area contributed by atoms with Gasteiger partial charge in [0.1, 0.15) is 5.60 Å². The lowest BCUT2D eigenvalue weighted by Gasteiger charge is -2.23. The molecule has 0 radical (unpaired) electrons. The molecule has 0 spiro atoms. The van der Waals surface area contributed by atoms with E-state index in [9.17, 15) is 5.11 Å². The number of hydrogen-bond donors (Lipinski definition) is 2. The summed E-state index contributed by atoms with van der Waals surface area (Å²) in [5.74, 6) is 0. The Hall–Kier alpha value is -0.860. The Morgan fingerprint density at radius 3 is 2.77 bits per heavy atom. The number of nitrogens with one attached hydrogen (secondary N) is 1. The van der Waals surface area contributed by atoms with Crippen LogP contribution in [0, 0.1) is 6.92 Å². The van der Waals surface area contributed by atoms with Crippen molar-refractivity contribution in [2.24, 2.45) is 0 Å². The topological polar surface area (TPSA) is 32.3 Å². The zero-order chi connectivity index (χ0) is 9.31. The summed E-state index contributed by atoms with van der Waals surface area (Å²) in [5.41, 5.74) is 1.61. The summed E-state index contributed by atoms with van der Waals surface area (Å²) in [6.45, 7) is 3.63. The van der Waals surface area contributed by atoms with E-state index in [4.69, 9.17) is 0 Å². The van der Waals surface area contributed by atoms with Gasteiger partial charge in [0.2, 0.25) is 0 Å². The maximum atomic E-state index is 10.3. The zero-order valence-corrected chi connectivity index (χ0v) is 7.88. The first-order valence-electron chi connectivity index (χ1n) is 4.72. The normalized spacial score (nSPS) is 27.8. The van der Waals surface area contributed by atoms with Gasteiger partial charge in [-0.2, -0.15) is 0 Å². The van der Waals surface area contributed by atoms with Gasteiger partial charge in [0.05, 0.1) is 0 Å². The molecule has 2 N–H and O–H groups in total. The SMILES string of the molecule is Cc1ccccc1[C@@]1(O)CCNC1. The summed E-state index contributed by atoms with van der Waals surface area (Å²) in [4.78, 5) is 0. The number of aryl methyl sites for hydroxylation is 1. The van der Waals surface area contributed by atoms with Gasteiger partial charge in [0.15, 0.2) is 0 Å². The predicted octanol–water partition coefficient (Wildman–Crippen LogP) is 1.18. The molecule has 0 unspecified atom stereocenters. The van der Waals surface area contributed by atoms with Crippen molar-refractivity contribution >= 4 is 0 Å². The van der Waals surface area contributed by atoms with Crippen molar-refractivity contribution in [1.29, 1.82) is 0 Å². The first kappa shape index (κ1) is 8.73. The Kier molecular flexibility index (Phi) is 2.10. The Labute approximate surface area is 78.6 Å². The van der Waals surface area contributed by atoms with Crippen LogP contribution in [-0.2, 0) is 5.60 Å². The average Bonchev–Trinajstić information content (AvgIpc) is 2.54. The molecule has 13 heavy (non-hydrogen) atoms. The van der Waals surface area contributed by atoms with Crippen molar-refractivity contribution in [3.05, 3.63) is 35.4 Å². The number of hydrogen-bond acceptors (Lipinski definition) is 2. The molecule has 70 valence electrons. The first-order chi connectivity index (χ1) is 6.22. The predicted molar refractivity (Wildman–Crippen MR) is 52.6 cm³/mol. The molecule has 0 saturated carbocycles. The minimum atomic E-state index is -0.634. The molecule has 2 rings (SSSR count). The van der Waals surface area contributed by atoms with Crippen LogP contribution in [0.3, 0.4) is 0 Å². The molecule has 1 aromatic rings. The highest BCUT2D eigenvalue weighted by atomic mass is 16.3. The highest BCUT2D eigenvalue weighted by Crippen LogP contribution is 2.29. The molecule has 0 bridgehead atoms. The third-order valence-electron chi connectivity index (χ3n) is 2.78. The molecule has 1 fully saturated rings. The Morgan fingerprint density at radius 1 is 1.38 bits per heavy atom. The van der Waals surface area contributed by atoms with Gasteiger partial charge in [0.25, 0.3) is 0 Å². The molecule has 1 aliphatic heterocycles. The Balaban J connectivity index is 2.39. The van der Waals surface area contributed by atoms with Crippen LogP contribution in [0.2, 0.25) is 0 Å². The van der Waals surface area contributed by atoms with Crippen LogP contribution in [0.5, 0.6) is 0 Å². The molecular weight excluding hydrogens is 162 g/mol. The summed E-state index contributed by atoms with van der Waals surface area (Å²) >= 11 is 0. The van der Waals surface area contributed by atoms with Crippen LogP contribution in [0.1, 0.15) is 17.5 Å². The van der Waals surface area contributed by atoms with E-state index >= 15 is 0 Å². The highest BCUT2D eigenvalue weighted by Gasteiger charge is 2.33. The third-order valence-corrected chi connectivity index (χ3v) is 2.78. The van der Waals surface area contributed by atoms with Crippen molar-refractivity contribution in [3.63, 3.8) is 0 Å². The van der Waals surface area contributed by atoms with Crippen LogP contribution in [0.4, 0.5) is 0 Å². The number of aliphatic hydroxyl groups is 1. The largest absolute Gasteiger partial charge is 0.384 e. The van der Waals surface area contributed by atoms with Gasteiger partial charge in [-0.15, -0.1) is 0 Å². The van der Waals surface area contributed by atoms with Gasteiger partial charge < -0.3 is 10.4 Å². The standard InChI is InChI=1S/C11H15NO/c1-9-4-2-3-5-10(9)11(13)6-7-12-8-11/h2-5,12-13H,6-8H2,1H3/t11-/m1/s1. The fraction of sp³-hybridized carbons (Fsp3) is 0.455. The lowest BCUT2D eigenvalue weighted by molar-refractivity contribution is 0.0581. The molecule has 1 saturated heterocycles. The molecule has 0 aromatic heterocycles. The van der Waals surface area contributed by atoms with Gasteiger partial charge in [-0.25, -0.2) is 0 Å². The van der Waals surface area contributed by atoms with Crippen LogP contribution < -0.4 is 5.32 Å². The molecule has 0 amide bonds. The Bertz CT molecular complexity index is 303. The molecule has 2 nitrogen and oxygen atoms in total. The highest BCUT2D eigenvalue weighted by molar-refractivity contribution is 5.32. The molecular formula is C11H15NO. The quantitative estimate of drug-likeness (QED) is 0.675. The fourth-order valence-corrected chi connectivity index (χ4v) is 2.00. The van der Waals surface area contributed by atoms with Crippen LogP contribution in [0.15, 0.2) is 24.3 Å². The van der Waals surface area contributed by atoms with E-state index in [1.165, 1.54) is 5.56 Å². The second kappa shape index (κ2) is 3.13. The fourth-order valence-electron chi connectivity index (χ4n) is 2.00. The molecule has 1 heterocycles. The van der Waals surface area contributed by atoms with E-state index in [1.807, 2.05) is 31.2 Å². The van der Waals surface area contributed by atoms with E-state index in [1.54, 1.807) is 0 Å². The van der Waals surface area contributed by atoms with Crippen molar-refractivity contribution in [2.45, 2.75) is 18.9 Å². The second-order valence-electron chi connectivity index (χ2n) is 3.77. The van der Waals surface area contributed by atoms with E-state index in [2.05, 4.69) is 5.32 Å². The van der Waals surface area contributed by atoms with Crippen molar-refractivity contribution in [1.82, 2.24) is 5.32 Å². The van der Waals surface area contributed by atoms with Crippen LogP contribution in [-0.4, -0.2) is 18.2 Å². The van der Waals surface area contributed by atoms with Gasteiger partial charge in [-0.1, -0.05) is 24.3 Å². The Morgan fingerprint density at radius 2 is 2.15 bits per heavy atom. The van der Waals surface area contributed by atoms with E-state index in [0.29, 0.717) is 6.54 Å². The zero-order valence-electron chi connectivity index (χ0n) is 7.88. The summed E-state index contributed by atoms with van der Waals surface area (Å²) in [5, 5.41) is 13.5. The second-order valence-corrected chi connectivity index (χ2v) is 3.77. The van der Waals surface area contributed by atoms with Gasteiger partial charge >= 0.3 is 0 Å². The summed E-state index contributed by atoms with van der Waals surface area (Å²) in [6.07, 6.45) is 0.817. The monoisotopic (exact) mass is 177 g/mol. The van der Waals surface area contributed by atoms with Gasteiger partial charge in [-0.3, -0.25) is 0 Å². The average molecular weight is 177 g/mol. The minimum absolute atomic E-state index is 0.634. The summed E-state index contributed by atoms with van der Waals surface area (Å²) in [6, 6.07) is 8.05. The molecule has 0 aliphatic carbocycles. The van der Waals surface area contributed by atoms with Crippen LogP contribution in [0.25, 0.3) is 0 Å². The smallest absolute Gasteiger partial charge is 0.103 e. The van der Waals surface area contributed by atoms with Crippen molar-refractivity contribution < 1.29 is 5.11 Å². The third kappa shape index (κ3) is 1.47. The number of β-amino-alcohol motifs (C(OH)–C–C–N with tert-alkyl or cyclic N) is 1. The molecule has 1 atom stereocenters. The first-order valence-corrected chi connectivity index (χ1v) is 4.72. The van der Waals surface area contributed by atoms with E-state index in [-0.39, 0.29) is 0 Å². The summed E-state index contributed by atoms with van der Waals surface area (Å²) < 4.78 is 0. The van der Waals surface area contributed by atoms with Crippen molar-refractivity contribution in [2.75, 3.05) is 13.1 Å². The lowest BCUT2D eigenvalue weighted by Crippen LogP contribution is -2.29. The molecule has 1 aromatic carbocycles. The maximum Gasteiger partial charge on any atom is 0.103 e. The lowest BCUT2D eigenvalue weighted by atomic mass is 9.90. The van der Waals surface area contributed by atoms with E-state index < -0.39 is 5.60 Å².